The highest BCUT2D eigenvalue weighted by Crippen LogP contribution is 2.39. The summed E-state index contributed by atoms with van der Waals surface area (Å²) in [5.74, 6) is 0. The van der Waals surface area contributed by atoms with Crippen LogP contribution in [0, 0.1) is 0 Å². The van der Waals surface area contributed by atoms with Crippen LogP contribution in [0.2, 0.25) is 0 Å². The molecule has 9 fully saturated rings. The van der Waals surface area contributed by atoms with Gasteiger partial charge >= 0.3 is 0 Å². The SMILES string of the molecule is OC[C@H]1O[C@H](O[C@H]2[C@H](O)[C@@H](O)[C@@H](O[C@H]3[C@H](O)[C@@H](O)[C@@H](O[C@H]4[C@H](O)[C@@H](O)[C@@H](O)O[C@@H]4CO)O[C@@H]3CO[C@H]3O[C@H](CO)[C@@H](O[C@H]4O[C@H](CO)[C@@H](O[C@H]5O[C@H](CO)[C@@H](O[C@H]6O[C@H](CO)[C@@H](O[C@H]7O[C@H](CO)[C@@H](O)[C@H](O)[C@H]7O)[C@@H](O)[C@H]6O)[C@H](O)[C@H]5O)[C@H](O)[C@H]4O)[C@H](O)[C@H]3O)O[C@@H]2CO)[C@H](O)[C@@H](O)[C@@H]1O. The largest absolute Gasteiger partial charge is 0.394 e. The van der Waals surface area contributed by atoms with Crippen LogP contribution in [0.25, 0.3) is 0 Å². The molecule has 0 radical (unpaired) electrons. The number of aliphatic hydroxyl groups is 29. The van der Waals surface area contributed by atoms with Gasteiger partial charge in [0.2, 0.25) is 0 Å². The summed E-state index contributed by atoms with van der Waals surface area (Å²) in [6.45, 7) is -9.30. The molecule has 46 heteroatoms. The monoisotopic (exact) mass is 1480 g/mol. The van der Waals surface area contributed by atoms with Gasteiger partial charge in [-0.05, 0) is 0 Å². The molecule has 9 heterocycles. The van der Waals surface area contributed by atoms with Crippen LogP contribution in [0.3, 0.4) is 0 Å². The van der Waals surface area contributed by atoms with Crippen molar-refractivity contribution in [1.29, 1.82) is 0 Å². The second-order valence-electron chi connectivity index (χ2n) is 25.2. The average molecular weight is 1480 g/mol. The van der Waals surface area contributed by atoms with E-state index in [4.69, 9.17) is 80.5 Å². The molecule has 9 aliphatic rings. The van der Waals surface area contributed by atoms with Gasteiger partial charge in [-0.2, -0.15) is 0 Å². The van der Waals surface area contributed by atoms with Gasteiger partial charge in [-0.3, -0.25) is 0 Å². The van der Waals surface area contributed by atoms with Crippen molar-refractivity contribution in [3.63, 3.8) is 0 Å². The Labute approximate surface area is 563 Å². The van der Waals surface area contributed by atoms with Crippen LogP contribution < -0.4 is 0 Å². The molecule has 9 rings (SSSR count). The summed E-state index contributed by atoms with van der Waals surface area (Å²) < 4.78 is 95.6. The van der Waals surface area contributed by atoms with E-state index in [1.165, 1.54) is 0 Å². The minimum Gasteiger partial charge on any atom is -0.394 e. The van der Waals surface area contributed by atoms with Crippen LogP contribution in [0.1, 0.15) is 0 Å². The van der Waals surface area contributed by atoms with Crippen LogP contribution in [0.15, 0.2) is 0 Å². The van der Waals surface area contributed by atoms with Gasteiger partial charge in [0.15, 0.2) is 56.6 Å². The molecule has 0 saturated carbocycles. The number of hydrogen-bond donors (Lipinski definition) is 29. The van der Waals surface area contributed by atoms with Crippen molar-refractivity contribution in [2.45, 2.75) is 276 Å². The summed E-state index contributed by atoms with van der Waals surface area (Å²) >= 11 is 0. The van der Waals surface area contributed by atoms with Gasteiger partial charge in [-0.1, -0.05) is 0 Å². The quantitative estimate of drug-likeness (QED) is 0.0404. The van der Waals surface area contributed by atoms with Gasteiger partial charge in [0.05, 0.1) is 59.5 Å². The highest BCUT2D eigenvalue weighted by Gasteiger charge is 2.60. The van der Waals surface area contributed by atoms with Crippen molar-refractivity contribution in [3.05, 3.63) is 0 Å². The Balaban J connectivity index is 0.841. The standard InChI is InChI=1S/C54H92O46/c55-1-10-19(63)21(65)31(75)48(86-10)95-41-14(5-59)89-51(34(78)25(41)69)98-44-17(8-62)91-52(36(80)27(44)71)99-43-16(7-61)90-50(35(79)26(43)70)97-40-13(4-58)88-47(33(77)24(40)68)84-9-18-45(29(73)38(82)54(93-18)94-39-12(3-57)85-46(83)30(74)23(39)67)100-53-37(81)28(72)42(15(6-60)92-53)96-49-32(76)22(66)20(64)11(2-56)87-49/h10-83H,1-9H2/t10-,11-,12-,13-,14-,15-,16-,17-,18-,19-,20-,21+,22+,23-,24-,25+,26-,27-,28-,29-,30-,31-,32-,33-,34-,35-,36-,37-,38-,39-,40-,41-,42-,43-,44-,45-,46+,47+,48-,49-,50-,51-,52-,53-,54-/m1/s1. The van der Waals surface area contributed by atoms with Crippen LogP contribution in [-0.2, 0) is 80.5 Å². The van der Waals surface area contributed by atoms with Crippen molar-refractivity contribution in [2.75, 3.05) is 59.5 Å². The Kier molecular flexibility index (Phi) is 29.2. The topological polar surface area (TPSA) is 744 Å². The molecule has 100 heavy (non-hydrogen) atoms. The molecule has 0 unspecified atom stereocenters. The minimum atomic E-state index is -2.33. The van der Waals surface area contributed by atoms with E-state index in [9.17, 15) is 148 Å². The first kappa shape index (κ1) is 82.2. The predicted octanol–water partition coefficient (Wildman–Crippen LogP) is -20.6. The Morgan fingerprint density at radius 1 is 0.170 bits per heavy atom. The molecule has 0 bridgehead atoms. The molecule has 9 aliphatic heterocycles. The number of aliphatic hydroxyl groups excluding tert-OH is 29. The van der Waals surface area contributed by atoms with Crippen LogP contribution in [0.5, 0.6) is 0 Å². The molecule has 0 aromatic carbocycles. The number of ether oxygens (including phenoxy) is 17. The summed E-state index contributed by atoms with van der Waals surface area (Å²) in [5.41, 5.74) is 0. The molecule has 29 N–H and O–H groups in total. The van der Waals surface area contributed by atoms with Crippen molar-refractivity contribution >= 4 is 0 Å². The van der Waals surface area contributed by atoms with E-state index in [1.807, 2.05) is 0 Å². The highest BCUT2D eigenvalue weighted by molar-refractivity contribution is 5.02. The summed E-state index contributed by atoms with van der Waals surface area (Å²) in [6.07, 6.45) is -90.7. The van der Waals surface area contributed by atoms with E-state index in [-0.39, 0.29) is 0 Å². The minimum absolute atomic E-state index is 0.868. The normalized spacial score (nSPS) is 53.7. The zero-order chi connectivity index (χ0) is 73.4. The van der Waals surface area contributed by atoms with E-state index >= 15 is 0 Å². The third kappa shape index (κ3) is 16.9. The van der Waals surface area contributed by atoms with Gasteiger partial charge in [0.25, 0.3) is 0 Å². The van der Waals surface area contributed by atoms with E-state index in [0.717, 1.165) is 0 Å². The molecule has 0 spiro atoms. The summed E-state index contributed by atoms with van der Waals surface area (Å²) in [7, 11) is 0. The molecule has 584 valence electrons. The predicted molar refractivity (Wildman–Crippen MR) is 297 cm³/mol. The van der Waals surface area contributed by atoms with Gasteiger partial charge < -0.3 is 229 Å². The summed E-state index contributed by atoms with van der Waals surface area (Å²) in [5, 5.41) is 311. The Morgan fingerprint density at radius 2 is 0.350 bits per heavy atom. The Morgan fingerprint density at radius 3 is 0.600 bits per heavy atom. The maximum atomic E-state index is 11.7. The van der Waals surface area contributed by atoms with E-state index in [1.54, 1.807) is 0 Å². The first-order chi connectivity index (χ1) is 47.4. The molecule has 0 aromatic rings. The van der Waals surface area contributed by atoms with Crippen molar-refractivity contribution < 1.29 is 229 Å². The number of hydrogen-bond acceptors (Lipinski definition) is 46. The summed E-state index contributed by atoms with van der Waals surface area (Å²) in [6, 6.07) is 0. The van der Waals surface area contributed by atoms with Crippen molar-refractivity contribution in [3.8, 4) is 0 Å². The molecule has 46 nitrogen and oxygen atoms in total. The fraction of sp³-hybridized carbons (Fsp3) is 1.00. The lowest BCUT2D eigenvalue weighted by Gasteiger charge is -2.50. The maximum absolute atomic E-state index is 11.7. The highest BCUT2D eigenvalue weighted by atomic mass is 16.8. The Bertz CT molecular complexity index is 2440. The average Bonchev–Trinajstić information content (AvgIpc) is 0.779. The Hall–Kier alpha value is -1.84. The fourth-order valence-corrected chi connectivity index (χ4v) is 12.9. The van der Waals surface area contributed by atoms with Crippen molar-refractivity contribution in [2.24, 2.45) is 0 Å². The molecule has 0 aromatic heterocycles. The molecular formula is C54H92O46. The molecule has 0 aliphatic carbocycles. The van der Waals surface area contributed by atoms with Crippen LogP contribution in [-0.4, -0.2) is 484 Å². The van der Waals surface area contributed by atoms with Gasteiger partial charge in [-0.15, -0.1) is 0 Å². The molecule has 9 saturated heterocycles. The lowest BCUT2D eigenvalue weighted by Crippen LogP contribution is -2.68. The van der Waals surface area contributed by atoms with Crippen LogP contribution in [0.4, 0.5) is 0 Å². The third-order valence-electron chi connectivity index (χ3n) is 18.7. The van der Waals surface area contributed by atoms with Gasteiger partial charge in [0.1, 0.15) is 220 Å². The second-order valence-corrected chi connectivity index (χ2v) is 25.2. The lowest BCUT2D eigenvalue weighted by molar-refractivity contribution is -0.396. The summed E-state index contributed by atoms with van der Waals surface area (Å²) in [4.78, 5) is 0. The maximum Gasteiger partial charge on any atom is 0.187 e. The molecule has 45 atom stereocenters. The van der Waals surface area contributed by atoms with Gasteiger partial charge in [0, 0.05) is 0 Å². The van der Waals surface area contributed by atoms with Crippen LogP contribution >= 0.6 is 0 Å². The first-order valence-corrected chi connectivity index (χ1v) is 31.7. The third-order valence-corrected chi connectivity index (χ3v) is 18.7. The zero-order valence-electron chi connectivity index (χ0n) is 52.3. The molecule has 0 amide bonds. The zero-order valence-corrected chi connectivity index (χ0v) is 52.3. The second kappa shape index (κ2) is 35.5. The molecular weight excluding hydrogens is 1380 g/mol. The van der Waals surface area contributed by atoms with Crippen molar-refractivity contribution in [1.82, 2.24) is 0 Å². The number of rotatable bonds is 25. The smallest absolute Gasteiger partial charge is 0.187 e. The lowest BCUT2D eigenvalue weighted by atomic mass is 9.95. The van der Waals surface area contributed by atoms with E-state index in [0.29, 0.717) is 0 Å². The first-order valence-electron chi connectivity index (χ1n) is 31.7. The van der Waals surface area contributed by atoms with Gasteiger partial charge in [-0.25, -0.2) is 0 Å². The van der Waals surface area contributed by atoms with E-state index < -0.39 is 336 Å². The fourth-order valence-electron chi connectivity index (χ4n) is 12.9. The van der Waals surface area contributed by atoms with E-state index in [2.05, 4.69) is 0 Å².